The molecule has 0 saturated carbocycles. The first-order valence-electron chi connectivity index (χ1n) is 9.13. The van der Waals surface area contributed by atoms with Gasteiger partial charge in [-0.25, -0.2) is 0 Å². The van der Waals surface area contributed by atoms with Gasteiger partial charge in [0.15, 0.2) is 0 Å². The molecule has 27 heavy (non-hydrogen) atoms. The van der Waals surface area contributed by atoms with E-state index >= 15 is 0 Å². The molecule has 5 nitrogen and oxygen atoms in total. The van der Waals surface area contributed by atoms with Gasteiger partial charge < -0.3 is 15.1 Å². The minimum atomic E-state index is -0.254. The third-order valence-electron chi connectivity index (χ3n) is 4.77. The Morgan fingerprint density at radius 1 is 1.11 bits per heavy atom. The Morgan fingerprint density at radius 3 is 2.37 bits per heavy atom. The lowest BCUT2D eigenvalue weighted by Crippen LogP contribution is -2.36. The number of hydrogen-bond acceptors (Lipinski definition) is 3. The quantitative estimate of drug-likeness (QED) is 0.837. The van der Waals surface area contributed by atoms with E-state index in [2.05, 4.69) is 10.2 Å². The van der Waals surface area contributed by atoms with E-state index in [1.165, 1.54) is 30.4 Å². The fourth-order valence-corrected chi connectivity index (χ4v) is 3.38. The zero-order valence-corrected chi connectivity index (χ0v) is 16.4. The topological polar surface area (TPSA) is 52.7 Å². The molecule has 6 heteroatoms. The molecule has 2 amide bonds. The van der Waals surface area contributed by atoms with Crippen molar-refractivity contribution in [3.05, 3.63) is 53.1 Å². The second kappa shape index (κ2) is 8.44. The summed E-state index contributed by atoms with van der Waals surface area (Å²) in [5.41, 5.74) is 3.42. The number of halogens is 1. The van der Waals surface area contributed by atoms with Crippen molar-refractivity contribution in [3.8, 4) is 0 Å². The van der Waals surface area contributed by atoms with Crippen LogP contribution in [0, 0.1) is 6.92 Å². The van der Waals surface area contributed by atoms with Crippen molar-refractivity contribution < 1.29 is 9.59 Å². The summed E-state index contributed by atoms with van der Waals surface area (Å²) < 4.78 is 0. The van der Waals surface area contributed by atoms with Gasteiger partial charge in [-0.3, -0.25) is 9.59 Å². The maximum atomic E-state index is 12.4. The highest BCUT2D eigenvalue weighted by Gasteiger charge is 2.17. The van der Waals surface area contributed by atoms with Crippen molar-refractivity contribution in [2.24, 2.45) is 0 Å². The Morgan fingerprint density at radius 2 is 1.78 bits per heavy atom. The molecule has 0 unspecified atom stereocenters. The van der Waals surface area contributed by atoms with Gasteiger partial charge in [-0.2, -0.15) is 0 Å². The van der Waals surface area contributed by atoms with E-state index in [4.69, 9.17) is 11.6 Å². The van der Waals surface area contributed by atoms with Crippen LogP contribution in [-0.4, -0.2) is 31.4 Å². The number of amides is 2. The van der Waals surface area contributed by atoms with Gasteiger partial charge in [-0.1, -0.05) is 17.7 Å². The Kier molecular flexibility index (Phi) is 6.01. The summed E-state index contributed by atoms with van der Waals surface area (Å²) in [4.78, 5) is 28.2. The van der Waals surface area contributed by atoms with Crippen molar-refractivity contribution in [1.29, 1.82) is 0 Å². The molecule has 142 valence electrons. The maximum absolute atomic E-state index is 12.4. The number of carbonyl (C=O) groups is 2. The monoisotopic (exact) mass is 385 g/mol. The second-order valence-corrected chi connectivity index (χ2v) is 7.24. The highest BCUT2D eigenvalue weighted by atomic mass is 35.5. The van der Waals surface area contributed by atoms with Crippen molar-refractivity contribution in [2.75, 3.05) is 34.8 Å². The van der Waals surface area contributed by atoms with E-state index in [-0.39, 0.29) is 18.4 Å². The molecule has 0 spiro atoms. The Labute approximate surface area is 164 Å². The minimum Gasteiger partial charge on any atom is -0.372 e. The van der Waals surface area contributed by atoms with Crippen LogP contribution in [0.3, 0.4) is 0 Å². The van der Waals surface area contributed by atoms with Gasteiger partial charge in [0.1, 0.15) is 6.54 Å². The van der Waals surface area contributed by atoms with Crippen LogP contribution in [0.2, 0.25) is 5.02 Å². The van der Waals surface area contributed by atoms with E-state index < -0.39 is 0 Å². The lowest BCUT2D eigenvalue weighted by atomic mass is 10.2. The average Bonchev–Trinajstić information content (AvgIpc) is 3.17. The number of aryl methyl sites for hydroxylation is 1. The number of nitrogens with zero attached hydrogens (tertiary/aromatic N) is 2. The number of benzene rings is 2. The third kappa shape index (κ3) is 4.80. The predicted octanol–water partition coefficient (Wildman–Crippen LogP) is 4.24. The summed E-state index contributed by atoms with van der Waals surface area (Å²) in [6.07, 6.45) is 2.45. The highest BCUT2D eigenvalue weighted by molar-refractivity contribution is 6.31. The van der Waals surface area contributed by atoms with Crippen LogP contribution < -0.4 is 15.1 Å². The summed E-state index contributed by atoms with van der Waals surface area (Å²) in [5.74, 6) is -0.467. The molecule has 1 fully saturated rings. The molecule has 2 aromatic carbocycles. The van der Waals surface area contributed by atoms with Gasteiger partial charge in [0, 0.05) is 42.1 Å². The van der Waals surface area contributed by atoms with Gasteiger partial charge >= 0.3 is 0 Å². The van der Waals surface area contributed by atoms with Crippen LogP contribution in [0.15, 0.2) is 42.5 Å². The first-order valence-corrected chi connectivity index (χ1v) is 9.51. The van der Waals surface area contributed by atoms with Gasteiger partial charge in [0.2, 0.25) is 11.8 Å². The average molecular weight is 386 g/mol. The Hall–Kier alpha value is -2.53. The molecular weight excluding hydrogens is 362 g/mol. The van der Waals surface area contributed by atoms with Crippen LogP contribution in [0.4, 0.5) is 17.1 Å². The van der Waals surface area contributed by atoms with Crippen LogP contribution in [0.5, 0.6) is 0 Å². The van der Waals surface area contributed by atoms with Crippen LogP contribution >= 0.6 is 11.6 Å². The Bertz CT molecular complexity index is 830. The number of hydrogen-bond donors (Lipinski definition) is 1. The normalized spacial score (nSPS) is 13.5. The highest BCUT2D eigenvalue weighted by Crippen LogP contribution is 2.24. The SMILES string of the molecule is CC(=O)N(CC(=O)Nc1ccc(N2CCCC2)cc1)c1ccc(C)c(Cl)c1. The van der Waals surface area contributed by atoms with E-state index in [9.17, 15) is 9.59 Å². The van der Waals surface area contributed by atoms with Crippen LogP contribution in [-0.2, 0) is 9.59 Å². The van der Waals surface area contributed by atoms with E-state index in [1.54, 1.807) is 12.1 Å². The summed E-state index contributed by atoms with van der Waals surface area (Å²) >= 11 is 6.16. The molecule has 0 radical (unpaired) electrons. The molecule has 1 heterocycles. The minimum absolute atomic E-state index is 0.0669. The number of rotatable bonds is 5. The first kappa shape index (κ1) is 19.2. The van der Waals surface area contributed by atoms with Crippen LogP contribution in [0.25, 0.3) is 0 Å². The van der Waals surface area contributed by atoms with Gasteiger partial charge in [0.25, 0.3) is 0 Å². The molecule has 1 saturated heterocycles. The molecule has 0 atom stereocenters. The Balaban J connectivity index is 1.65. The standard InChI is InChI=1S/C21H24ClN3O2/c1-15-5-8-19(13-20(15)22)25(16(2)26)14-21(27)23-17-6-9-18(10-7-17)24-11-3-4-12-24/h5-10,13H,3-4,11-12,14H2,1-2H3,(H,23,27). The lowest BCUT2D eigenvalue weighted by Gasteiger charge is -2.21. The van der Waals surface area contributed by atoms with Crippen molar-refractivity contribution >= 4 is 40.5 Å². The molecule has 1 aliphatic rings. The van der Waals surface area contributed by atoms with Gasteiger partial charge in [-0.05, 0) is 61.7 Å². The van der Waals surface area contributed by atoms with E-state index in [0.29, 0.717) is 16.4 Å². The number of anilines is 3. The van der Waals surface area contributed by atoms with E-state index in [1.807, 2.05) is 37.3 Å². The van der Waals surface area contributed by atoms with E-state index in [0.717, 1.165) is 18.7 Å². The summed E-state index contributed by atoms with van der Waals surface area (Å²) in [5, 5.41) is 3.42. The predicted molar refractivity (Wildman–Crippen MR) is 111 cm³/mol. The van der Waals surface area contributed by atoms with Gasteiger partial charge in [0.05, 0.1) is 0 Å². The fraction of sp³-hybridized carbons (Fsp3) is 0.333. The first-order chi connectivity index (χ1) is 12.9. The molecule has 0 bridgehead atoms. The maximum Gasteiger partial charge on any atom is 0.244 e. The lowest BCUT2D eigenvalue weighted by molar-refractivity contribution is -0.120. The zero-order valence-electron chi connectivity index (χ0n) is 15.7. The van der Waals surface area contributed by atoms with Crippen molar-refractivity contribution in [1.82, 2.24) is 0 Å². The summed E-state index contributed by atoms with van der Waals surface area (Å²) in [7, 11) is 0. The number of nitrogens with one attached hydrogen (secondary N) is 1. The summed E-state index contributed by atoms with van der Waals surface area (Å²) in [6, 6.07) is 13.2. The molecular formula is C21H24ClN3O2. The van der Waals surface area contributed by atoms with Crippen molar-refractivity contribution in [3.63, 3.8) is 0 Å². The van der Waals surface area contributed by atoms with Crippen molar-refractivity contribution in [2.45, 2.75) is 26.7 Å². The smallest absolute Gasteiger partial charge is 0.244 e. The third-order valence-corrected chi connectivity index (χ3v) is 5.18. The fourth-order valence-electron chi connectivity index (χ4n) is 3.21. The molecule has 1 N–H and O–H groups in total. The molecule has 0 aliphatic carbocycles. The molecule has 0 aromatic heterocycles. The van der Waals surface area contributed by atoms with Gasteiger partial charge in [-0.15, -0.1) is 0 Å². The second-order valence-electron chi connectivity index (χ2n) is 6.83. The zero-order chi connectivity index (χ0) is 19.4. The molecule has 2 aromatic rings. The molecule has 1 aliphatic heterocycles. The summed E-state index contributed by atoms with van der Waals surface area (Å²) in [6.45, 7) is 5.42. The molecule has 3 rings (SSSR count). The largest absolute Gasteiger partial charge is 0.372 e. The van der Waals surface area contributed by atoms with Crippen LogP contribution in [0.1, 0.15) is 25.3 Å². The number of carbonyl (C=O) groups excluding carboxylic acids is 2.